The summed E-state index contributed by atoms with van der Waals surface area (Å²) in [5.74, 6) is 0. The van der Waals surface area contributed by atoms with Crippen LogP contribution in [0.1, 0.15) is 13.8 Å². The molecule has 5 rings (SSSR count). The Labute approximate surface area is 142 Å². The summed E-state index contributed by atoms with van der Waals surface area (Å²) >= 11 is 0. The minimum absolute atomic E-state index is 0.483. The fourth-order valence-corrected chi connectivity index (χ4v) is 4.07. The number of fused-ring (bicyclic) bond motifs is 3. The second-order valence-electron chi connectivity index (χ2n) is 7.02. The van der Waals surface area contributed by atoms with Gasteiger partial charge in [-0.1, -0.05) is 30.3 Å². The number of nitrogens with zero attached hydrogens (tertiary/aromatic N) is 3. The monoisotopic (exact) mass is 315 g/mol. The molecule has 24 heavy (non-hydrogen) atoms. The second-order valence-corrected chi connectivity index (χ2v) is 7.02. The topological polar surface area (TPSA) is 9.72 Å². The van der Waals surface area contributed by atoms with Crippen LogP contribution in [0, 0.1) is 0 Å². The summed E-state index contributed by atoms with van der Waals surface area (Å²) in [6.07, 6.45) is 0. The Morgan fingerprint density at radius 1 is 0.792 bits per heavy atom. The van der Waals surface area contributed by atoms with Crippen LogP contribution in [0.3, 0.4) is 0 Å². The first-order chi connectivity index (χ1) is 11.6. The Bertz CT molecular complexity index is 960. The van der Waals surface area contributed by atoms with Gasteiger partial charge in [-0.15, -0.1) is 0 Å². The lowest BCUT2D eigenvalue weighted by Crippen LogP contribution is -2.34. The molecule has 0 atom stereocenters. The van der Waals surface area contributed by atoms with Crippen LogP contribution in [0.5, 0.6) is 0 Å². The van der Waals surface area contributed by atoms with Crippen LogP contribution < -0.4 is 14.7 Å². The molecule has 0 N–H and O–H groups in total. The molecule has 0 aliphatic carbocycles. The van der Waals surface area contributed by atoms with E-state index in [0.717, 1.165) is 6.67 Å². The van der Waals surface area contributed by atoms with Crippen LogP contribution in [-0.4, -0.2) is 19.8 Å². The van der Waals surface area contributed by atoms with Gasteiger partial charge in [-0.3, -0.25) is 0 Å². The van der Waals surface area contributed by atoms with Gasteiger partial charge in [0.15, 0.2) is 0 Å². The highest BCUT2D eigenvalue weighted by Crippen LogP contribution is 2.55. The second kappa shape index (κ2) is 4.67. The number of para-hydroxylation sites is 1. The van der Waals surface area contributed by atoms with E-state index in [0.29, 0.717) is 6.04 Å². The van der Waals surface area contributed by atoms with Gasteiger partial charge >= 0.3 is 0 Å². The molecule has 2 aliphatic rings. The first-order valence-corrected chi connectivity index (χ1v) is 8.59. The summed E-state index contributed by atoms with van der Waals surface area (Å²) in [4.78, 5) is 7.30. The van der Waals surface area contributed by atoms with Crippen molar-refractivity contribution in [2.75, 3.05) is 28.4 Å². The van der Waals surface area contributed by atoms with Crippen molar-refractivity contribution < 1.29 is 0 Å². The number of anilines is 5. The first-order valence-electron chi connectivity index (χ1n) is 8.59. The van der Waals surface area contributed by atoms with Gasteiger partial charge in [0.2, 0.25) is 0 Å². The zero-order valence-corrected chi connectivity index (χ0v) is 14.3. The maximum Gasteiger partial charge on any atom is 0.0957 e. The molecule has 0 amide bonds. The van der Waals surface area contributed by atoms with Crippen molar-refractivity contribution >= 4 is 39.2 Å². The average Bonchev–Trinajstić information content (AvgIpc) is 2.99. The highest BCUT2D eigenvalue weighted by Gasteiger charge is 2.36. The maximum absolute atomic E-state index is 2.48. The quantitative estimate of drug-likeness (QED) is 0.607. The van der Waals surface area contributed by atoms with Gasteiger partial charge in [-0.05, 0) is 48.9 Å². The Morgan fingerprint density at radius 3 is 2.17 bits per heavy atom. The minimum Gasteiger partial charge on any atom is -0.349 e. The molecular formula is C21H21N3. The lowest BCUT2D eigenvalue weighted by Gasteiger charge is -2.35. The van der Waals surface area contributed by atoms with Crippen molar-refractivity contribution in [1.82, 2.24) is 0 Å². The zero-order chi connectivity index (χ0) is 16.4. The SMILES string of the molecule is CC(C)N1CN2c3cc4ccccc4cc3N(C)c3cccc1c32. The molecule has 3 aromatic rings. The molecule has 0 unspecified atom stereocenters. The number of hydrogen-bond donors (Lipinski definition) is 0. The van der Waals surface area contributed by atoms with E-state index in [1.54, 1.807) is 0 Å². The van der Waals surface area contributed by atoms with Crippen molar-refractivity contribution in [3.8, 4) is 0 Å². The Balaban J connectivity index is 1.80. The standard InChI is InChI=1S/C21H21N3/c1-14(2)23-13-24-20-12-16-8-5-4-7-15(16)11-19(20)22(3)17-9-6-10-18(23)21(17)24/h4-12,14H,13H2,1-3H3. The van der Waals surface area contributed by atoms with Crippen molar-refractivity contribution in [3.05, 3.63) is 54.6 Å². The molecule has 2 aliphatic heterocycles. The Kier molecular flexibility index (Phi) is 2.67. The van der Waals surface area contributed by atoms with Gasteiger partial charge in [0.25, 0.3) is 0 Å². The molecule has 0 spiro atoms. The van der Waals surface area contributed by atoms with Crippen molar-refractivity contribution in [3.63, 3.8) is 0 Å². The molecule has 120 valence electrons. The van der Waals surface area contributed by atoms with E-state index in [9.17, 15) is 0 Å². The number of rotatable bonds is 1. The van der Waals surface area contributed by atoms with Gasteiger partial charge in [0, 0.05) is 13.1 Å². The van der Waals surface area contributed by atoms with Crippen LogP contribution in [0.25, 0.3) is 10.8 Å². The molecule has 0 radical (unpaired) electrons. The van der Waals surface area contributed by atoms with Crippen molar-refractivity contribution in [1.29, 1.82) is 0 Å². The van der Waals surface area contributed by atoms with E-state index in [4.69, 9.17) is 0 Å². The molecule has 3 aromatic carbocycles. The molecule has 0 saturated carbocycles. The van der Waals surface area contributed by atoms with E-state index >= 15 is 0 Å². The summed E-state index contributed by atoms with van der Waals surface area (Å²) in [6.45, 7) is 5.45. The molecular weight excluding hydrogens is 294 g/mol. The Morgan fingerprint density at radius 2 is 1.46 bits per heavy atom. The average molecular weight is 315 g/mol. The van der Waals surface area contributed by atoms with Gasteiger partial charge in [-0.25, -0.2) is 0 Å². The summed E-state index contributed by atoms with van der Waals surface area (Å²) in [5.41, 5.74) is 6.56. The predicted octanol–water partition coefficient (Wildman–Crippen LogP) is 5.25. The third-order valence-corrected chi connectivity index (χ3v) is 5.35. The fraction of sp³-hybridized carbons (Fsp3) is 0.238. The van der Waals surface area contributed by atoms with Crippen LogP contribution in [-0.2, 0) is 0 Å². The largest absolute Gasteiger partial charge is 0.349 e. The van der Waals surface area contributed by atoms with Crippen molar-refractivity contribution in [2.24, 2.45) is 0 Å². The van der Waals surface area contributed by atoms with Crippen LogP contribution in [0.15, 0.2) is 54.6 Å². The normalized spacial score (nSPS) is 15.2. The summed E-state index contributed by atoms with van der Waals surface area (Å²) in [6, 6.07) is 20.4. The van der Waals surface area contributed by atoms with E-state index in [1.165, 1.54) is 39.2 Å². The van der Waals surface area contributed by atoms with E-state index < -0.39 is 0 Å². The summed E-state index contributed by atoms with van der Waals surface area (Å²) in [5, 5.41) is 2.59. The first kappa shape index (κ1) is 13.7. The van der Waals surface area contributed by atoms with E-state index in [2.05, 4.69) is 90.2 Å². The van der Waals surface area contributed by atoms with E-state index in [-0.39, 0.29) is 0 Å². The molecule has 3 nitrogen and oxygen atoms in total. The van der Waals surface area contributed by atoms with Crippen LogP contribution in [0.4, 0.5) is 28.4 Å². The third-order valence-electron chi connectivity index (χ3n) is 5.35. The van der Waals surface area contributed by atoms with E-state index in [1.807, 2.05) is 0 Å². The summed E-state index contributed by atoms with van der Waals surface area (Å²) in [7, 11) is 2.18. The third kappa shape index (κ3) is 1.67. The number of benzene rings is 3. The van der Waals surface area contributed by atoms with Gasteiger partial charge < -0.3 is 14.7 Å². The molecule has 0 aromatic heterocycles. The highest BCUT2D eigenvalue weighted by atomic mass is 15.4. The fourth-order valence-electron chi connectivity index (χ4n) is 4.07. The maximum atomic E-state index is 2.48. The lowest BCUT2D eigenvalue weighted by atomic mass is 10.0. The van der Waals surface area contributed by atoms with Gasteiger partial charge in [-0.2, -0.15) is 0 Å². The molecule has 0 fully saturated rings. The molecule has 0 saturated heterocycles. The molecule has 3 heteroatoms. The summed E-state index contributed by atoms with van der Waals surface area (Å²) < 4.78 is 0. The molecule has 0 bridgehead atoms. The predicted molar refractivity (Wildman–Crippen MR) is 103 cm³/mol. The van der Waals surface area contributed by atoms with Gasteiger partial charge in [0.05, 0.1) is 35.1 Å². The van der Waals surface area contributed by atoms with Crippen LogP contribution >= 0.6 is 0 Å². The number of hydrogen-bond acceptors (Lipinski definition) is 3. The van der Waals surface area contributed by atoms with Gasteiger partial charge in [0.1, 0.15) is 0 Å². The highest BCUT2D eigenvalue weighted by molar-refractivity contribution is 6.05. The minimum atomic E-state index is 0.483. The molecule has 2 heterocycles. The van der Waals surface area contributed by atoms with Crippen LogP contribution in [0.2, 0.25) is 0 Å². The lowest BCUT2D eigenvalue weighted by molar-refractivity contribution is 0.709. The smallest absolute Gasteiger partial charge is 0.0957 e. The zero-order valence-electron chi connectivity index (χ0n) is 14.3. The Hall–Kier alpha value is -2.68. The van der Waals surface area contributed by atoms with Crippen molar-refractivity contribution in [2.45, 2.75) is 19.9 Å².